The Labute approximate surface area is 160 Å². The van der Waals surface area contributed by atoms with E-state index in [0.717, 1.165) is 25.7 Å². The monoisotopic (exact) mass is 381 g/mol. The summed E-state index contributed by atoms with van der Waals surface area (Å²) in [4.78, 5) is 23.7. The fourth-order valence-electron chi connectivity index (χ4n) is 2.87. The number of aryl methyl sites for hydroxylation is 1. The summed E-state index contributed by atoms with van der Waals surface area (Å²) in [5.41, 5.74) is 2.01. The minimum absolute atomic E-state index is 0.0322. The van der Waals surface area contributed by atoms with Crippen LogP contribution in [0.4, 0.5) is 0 Å². The van der Waals surface area contributed by atoms with Crippen molar-refractivity contribution in [2.45, 2.75) is 25.8 Å². The van der Waals surface area contributed by atoms with Gasteiger partial charge in [0.15, 0.2) is 0 Å². The molecule has 6 heteroatoms. The van der Waals surface area contributed by atoms with Crippen LogP contribution in [0.5, 0.6) is 0 Å². The lowest BCUT2D eigenvalue weighted by Crippen LogP contribution is -2.29. The summed E-state index contributed by atoms with van der Waals surface area (Å²) >= 11 is 3.32. The van der Waals surface area contributed by atoms with E-state index in [1.54, 1.807) is 27.6 Å². The molecule has 0 fully saturated rings. The lowest BCUT2D eigenvalue weighted by molar-refractivity contribution is -0.131. The Kier molecular flexibility index (Phi) is 4.70. The zero-order valence-electron chi connectivity index (χ0n) is 14.7. The molecule has 0 spiro atoms. The van der Waals surface area contributed by atoms with E-state index in [1.165, 1.54) is 4.70 Å². The SMILES string of the molecule is C[C@@H](c1nc2ccccc2s1)N(C)C(=O)CCc1nc2ccccc2s1. The number of hydrogen-bond donors (Lipinski definition) is 0. The maximum Gasteiger partial charge on any atom is 0.223 e. The summed E-state index contributed by atoms with van der Waals surface area (Å²) in [5, 5.41) is 1.99. The summed E-state index contributed by atoms with van der Waals surface area (Å²) in [7, 11) is 1.86. The number of fused-ring (bicyclic) bond motifs is 2. The van der Waals surface area contributed by atoms with Gasteiger partial charge < -0.3 is 4.90 Å². The summed E-state index contributed by atoms with van der Waals surface area (Å²) in [6.45, 7) is 2.04. The molecule has 0 aliphatic rings. The molecule has 0 saturated heterocycles. The quantitative estimate of drug-likeness (QED) is 0.485. The second-order valence-corrected chi connectivity index (χ2v) is 8.45. The molecule has 132 valence electrons. The normalized spacial score (nSPS) is 12.5. The van der Waals surface area contributed by atoms with Crippen LogP contribution in [0.1, 0.15) is 29.4 Å². The van der Waals surface area contributed by atoms with Crippen molar-refractivity contribution in [1.29, 1.82) is 0 Å². The van der Waals surface area contributed by atoms with E-state index >= 15 is 0 Å². The molecule has 0 bridgehead atoms. The van der Waals surface area contributed by atoms with Crippen molar-refractivity contribution in [3.8, 4) is 0 Å². The van der Waals surface area contributed by atoms with Gasteiger partial charge in [0.25, 0.3) is 0 Å². The lowest BCUT2D eigenvalue weighted by atomic mass is 10.2. The fraction of sp³-hybridized carbons (Fsp3) is 0.250. The summed E-state index contributed by atoms with van der Waals surface area (Å²) in [6.07, 6.45) is 1.14. The fourth-order valence-corrected chi connectivity index (χ4v) is 4.90. The van der Waals surface area contributed by atoms with E-state index in [0.29, 0.717) is 12.8 Å². The van der Waals surface area contributed by atoms with Gasteiger partial charge in [0.2, 0.25) is 5.91 Å². The molecule has 0 aliphatic heterocycles. The topological polar surface area (TPSA) is 46.1 Å². The van der Waals surface area contributed by atoms with Gasteiger partial charge >= 0.3 is 0 Å². The molecule has 0 saturated carbocycles. The van der Waals surface area contributed by atoms with E-state index in [1.807, 2.05) is 50.4 Å². The number of rotatable bonds is 5. The van der Waals surface area contributed by atoms with Gasteiger partial charge in [0.1, 0.15) is 5.01 Å². The molecule has 2 aromatic carbocycles. The van der Waals surface area contributed by atoms with Crippen molar-refractivity contribution >= 4 is 49.0 Å². The Bertz CT molecular complexity index is 1000. The smallest absolute Gasteiger partial charge is 0.223 e. The predicted octanol–water partition coefficient (Wildman–Crippen LogP) is 5.06. The van der Waals surface area contributed by atoms with Crippen molar-refractivity contribution < 1.29 is 4.79 Å². The third-order valence-electron chi connectivity index (χ3n) is 4.53. The van der Waals surface area contributed by atoms with Crippen molar-refractivity contribution in [1.82, 2.24) is 14.9 Å². The van der Waals surface area contributed by atoms with Crippen LogP contribution in [0, 0.1) is 0 Å². The molecule has 4 aromatic rings. The first-order chi connectivity index (χ1) is 12.6. The number of hydrogen-bond acceptors (Lipinski definition) is 5. The van der Waals surface area contributed by atoms with Gasteiger partial charge in [-0.2, -0.15) is 0 Å². The van der Waals surface area contributed by atoms with Crippen LogP contribution in [-0.4, -0.2) is 27.8 Å². The number of carbonyl (C=O) groups excluding carboxylic acids is 1. The highest BCUT2D eigenvalue weighted by Crippen LogP contribution is 2.29. The molecule has 0 radical (unpaired) electrons. The van der Waals surface area contributed by atoms with Crippen LogP contribution in [-0.2, 0) is 11.2 Å². The van der Waals surface area contributed by atoms with Gasteiger partial charge in [-0.1, -0.05) is 24.3 Å². The number of aromatic nitrogens is 2. The first-order valence-corrected chi connectivity index (χ1v) is 10.2. The molecule has 0 aliphatic carbocycles. The highest BCUT2D eigenvalue weighted by Gasteiger charge is 2.20. The maximum absolute atomic E-state index is 12.6. The average Bonchev–Trinajstić information content (AvgIpc) is 3.28. The average molecular weight is 382 g/mol. The molecule has 26 heavy (non-hydrogen) atoms. The number of nitrogens with zero attached hydrogens (tertiary/aromatic N) is 3. The van der Waals surface area contributed by atoms with Crippen LogP contribution in [0.3, 0.4) is 0 Å². The van der Waals surface area contributed by atoms with E-state index in [-0.39, 0.29) is 11.9 Å². The van der Waals surface area contributed by atoms with Crippen LogP contribution in [0.15, 0.2) is 48.5 Å². The number of para-hydroxylation sites is 2. The van der Waals surface area contributed by atoms with E-state index in [9.17, 15) is 4.79 Å². The lowest BCUT2D eigenvalue weighted by Gasteiger charge is -2.23. The molecule has 0 unspecified atom stereocenters. The van der Waals surface area contributed by atoms with E-state index < -0.39 is 0 Å². The maximum atomic E-state index is 12.6. The van der Waals surface area contributed by atoms with Gasteiger partial charge in [0.05, 0.1) is 31.5 Å². The molecule has 4 nitrogen and oxygen atoms in total. The second-order valence-electron chi connectivity index (χ2n) is 6.28. The van der Waals surface area contributed by atoms with Gasteiger partial charge in [-0.05, 0) is 31.2 Å². The highest BCUT2D eigenvalue weighted by atomic mass is 32.1. The van der Waals surface area contributed by atoms with Gasteiger partial charge in [0, 0.05) is 19.9 Å². The van der Waals surface area contributed by atoms with Crippen LogP contribution < -0.4 is 0 Å². The Morgan fingerprint density at radius 3 is 2.27 bits per heavy atom. The minimum Gasteiger partial charge on any atom is -0.337 e. The number of thiazole rings is 2. The second kappa shape index (κ2) is 7.13. The van der Waals surface area contributed by atoms with Crippen molar-refractivity contribution in [2.75, 3.05) is 7.05 Å². The zero-order chi connectivity index (χ0) is 18.1. The highest BCUT2D eigenvalue weighted by molar-refractivity contribution is 7.18. The van der Waals surface area contributed by atoms with Crippen LogP contribution in [0.2, 0.25) is 0 Å². The number of carbonyl (C=O) groups is 1. The molecule has 4 rings (SSSR count). The van der Waals surface area contributed by atoms with E-state index in [4.69, 9.17) is 0 Å². The Morgan fingerprint density at radius 1 is 1.00 bits per heavy atom. The summed E-state index contributed by atoms with van der Waals surface area (Å²) in [5.74, 6) is 0.121. The molecule has 0 N–H and O–H groups in total. The van der Waals surface area contributed by atoms with Crippen LogP contribution >= 0.6 is 22.7 Å². The largest absolute Gasteiger partial charge is 0.337 e. The summed E-state index contributed by atoms with van der Waals surface area (Å²) in [6, 6.07) is 16.1. The molecule has 2 heterocycles. The van der Waals surface area contributed by atoms with Gasteiger partial charge in [-0.15, -0.1) is 22.7 Å². The number of amides is 1. The Morgan fingerprint density at radius 2 is 1.62 bits per heavy atom. The Balaban J connectivity index is 1.43. The molecule has 2 aromatic heterocycles. The molecular weight excluding hydrogens is 362 g/mol. The van der Waals surface area contributed by atoms with Gasteiger partial charge in [-0.25, -0.2) is 9.97 Å². The summed E-state index contributed by atoms with van der Waals surface area (Å²) < 4.78 is 2.33. The minimum atomic E-state index is -0.0322. The zero-order valence-corrected chi connectivity index (χ0v) is 16.3. The van der Waals surface area contributed by atoms with Crippen LogP contribution in [0.25, 0.3) is 20.4 Å². The number of benzene rings is 2. The molecule has 1 amide bonds. The van der Waals surface area contributed by atoms with E-state index in [2.05, 4.69) is 22.1 Å². The third kappa shape index (κ3) is 3.34. The first kappa shape index (κ1) is 17.1. The molecular formula is C20H19N3OS2. The first-order valence-electron chi connectivity index (χ1n) is 8.57. The predicted molar refractivity (Wildman–Crippen MR) is 109 cm³/mol. The van der Waals surface area contributed by atoms with Crippen molar-refractivity contribution in [3.63, 3.8) is 0 Å². The van der Waals surface area contributed by atoms with Crippen molar-refractivity contribution in [3.05, 3.63) is 58.5 Å². The molecule has 1 atom stereocenters. The Hall–Kier alpha value is -2.31. The van der Waals surface area contributed by atoms with Gasteiger partial charge in [-0.3, -0.25) is 4.79 Å². The third-order valence-corrected chi connectivity index (χ3v) is 6.84. The van der Waals surface area contributed by atoms with Crippen molar-refractivity contribution in [2.24, 2.45) is 0 Å². The standard InChI is InChI=1S/C20H19N3OS2/c1-13(20-22-15-8-4-6-10-17(15)26-20)23(2)19(24)12-11-18-21-14-7-3-5-9-16(14)25-18/h3-10,13H,11-12H2,1-2H3/t13-/m0/s1.